The van der Waals surface area contributed by atoms with Gasteiger partial charge >= 0.3 is 0 Å². The lowest BCUT2D eigenvalue weighted by Gasteiger charge is -2.05. The first-order valence-corrected chi connectivity index (χ1v) is 5.74. The maximum Gasteiger partial charge on any atom is 0.258 e. The predicted molar refractivity (Wildman–Crippen MR) is 69.2 cm³/mol. The first kappa shape index (κ1) is 13.0. The van der Waals surface area contributed by atoms with Crippen molar-refractivity contribution in [1.82, 2.24) is 14.8 Å². The first-order valence-electron chi connectivity index (χ1n) is 5.74. The molecular weight excluding hydrogens is 249 g/mol. The van der Waals surface area contributed by atoms with Crippen molar-refractivity contribution in [2.45, 2.75) is 19.9 Å². The van der Waals surface area contributed by atoms with Gasteiger partial charge in [0.15, 0.2) is 11.6 Å². The van der Waals surface area contributed by atoms with Gasteiger partial charge in [-0.2, -0.15) is 5.10 Å². The van der Waals surface area contributed by atoms with Crippen molar-refractivity contribution in [1.29, 1.82) is 0 Å². The number of nitrogens with two attached hydrogens (primary N) is 1. The van der Waals surface area contributed by atoms with Gasteiger partial charge in [0.1, 0.15) is 0 Å². The highest BCUT2D eigenvalue weighted by atomic mass is 19.1. The SMILES string of the molecule is CC(C)n1cc(NC(=O)c2ccnc(N)c2F)cn1. The quantitative estimate of drug-likeness (QED) is 0.884. The molecule has 0 bridgehead atoms. The van der Waals surface area contributed by atoms with E-state index in [1.165, 1.54) is 18.5 Å². The number of carbonyl (C=O) groups is 1. The van der Waals surface area contributed by atoms with Crippen molar-refractivity contribution in [2.24, 2.45) is 0 Å². The second-order valence-corrected chi connectivity index (χ2v) is 4.31. The summed E-state index contributed by atoms with van der Waals surface area (Å²) in [5.41, 5.74) is 5.66. The lowest BCUT2D eigenvalue weighted by molar-refractivity contribution is 0.102. The van der Waals surface area contributed by atoms with Gasteiger partial charge in [-0.25, -0.2) is 9.37 Å². The minimum Gasteiger partial charge on any atom is -0.381 e. The van der Waals surface area contributed by atoms with Crippen LogP contribution < -0.4 is 11.1 Å². The number of amides is 1. The molecule has 0 aliphatic carbocycles. The molecule has 0 aromatic carbocycles. The van der Waals surface area contributed by atoms with Crippen LogP contribution in [-0.4, -0.2) is 20.7 Å². The number of nitrogen functional groups attached to an aromatic ring is 1. The van der Waals surface area contributed by atoms with E-state index in [1.807, 2.05) is 13.8 Å². The molecule has 2 heterocycles. The summed E-state index contributed by atoms with van der Waals surface area (Å²) < 4.78 is 15.3. The van der Waals surface area contributed by atoms with Crippen LogP contribution in [0.4, 0.5) is 15.9 Å². The lowest BCUT2D eigenvalue weighted by atomic mass is 10.2. The summed E-state index contributed by atoms with van der Waals surface area (Å²) in [4.78, 5) is 15.5. The topological polar surface area (TPSA) is 85.8 Å². The summed E-state index contributed by atoms with van der Waals surface area (Å²) in [6.45, 7) is 3.92. The second kappa shape index (κ2) is 5.05. The highest BCUT2D eigenvalue weighted by Crippen LogP contribution is 2.15. The summed E-state index contributed by atoms with van der Waals surface area (Å²) >= 11 is 0. The van der Waals surface area contributed by atoms with Gasteiger partial charge in [0.05, 0.1) is 17.4 Å². The van der Waals surface area contributed by atoms with E-state index in [-0.39, 0.29) is 17.4 Å². The zero-order chi connectivity index (χ0) is 14.0. The molecule has 19 heavy (non-hydrogen) atoms. The fraction of sp³-hybridized carbons (Fsp3) is 0.250. The number of aromatic nitrogens is 3. The molecule has 0 fully saturated rings. The Morgan fingerprint density at radius 3 is 2.89 bits per heavy atom. The highest BCUT2D eigenvalue weighted by molar-refractivity contribution is 6.04. The zero-order valence-corrected chi connectivity index (χ0v) is 10.6. The van der Waals surface area contributed by atoms with E-state index in [0.717, 1.165) is 0 Å². The second-order valence-electron chi connectivity index (χ2n) is 4.31. The molecule has 0 aliphatic rings. The van der Waals surface area contributed by atoms with Gasteiger partial charge in [-0.1, -0.05) is 0 Å². The molecule has 0 spiro atoms. The molecule has 7 heteroatoms. The smallest absolute Gasteiger partial charge is 0.258 e. The summed E-state index contributed by atoms with van der Waals surface area (Å²) in [5, 5.41) is 6.63. The van der Waals surface area contributed by atoms with Crippen LogP contribution in [0, 0.1) is 5.82 Å². The van der Waals surface area contributed by atoms with Gasteiger partial charge in [-0.05, 0) is 19.9 Å². The first-order chi connectivity index (χ1) is 8.99. The average molecular weight is 263 g/mol. The van der Waals surface area contributed by atoms with Crippen molar-refractivity contribution >= 4 is 17.4 Å². The van der Waals surface area contributed by atoms with E-state index >= 15 is 0 Å². The number of nitrogens with one attached hydrogen (secondary N) is 1. The number of hydrogen-bond donors (Lipinski definition) is 2. The Balaban J connectivity index is 2.18. The minimum atomic E-state index is -0.823. The molecule has 2 aromatic heterocycles. The molecule has 100 valence electrons. The normalized spacial score (nSPS) is 10.7. The minimum absolute atomic E-state index is 0.148. The molecule has 3 N–H and O–H groups in total. The number of rotatable bonds is 3. The Kier molecular flexibility index (Phi) is 3.46. The maximum absolute atomic E-state index is 13.6. The molecule has 1 amide bonds. The van der Waals surface area contributed by atoms with Crippen LogP contribution >= 0.6 is 0 Å². The van der Waals surface area contributed by atoms with Gasteiger partial charge < -0.3 is 11.1 Å². The molecule has 2 aromatic rings. The molecular formula is C12H14FN5O. The van der Waals surface area contributed by atoms with E-state index < -0.39 is 11.7 Å². The summed E-state index contributed by atoms with van der Waals surface area (Å²) in [6, 6.07) is 1.45. The van der Waals surface area contributed by atoms with Gasteiger partial charge in [0.2, 0.25) is 0 Å². The molecule has 0 atom stereocenters. The lowest BCUT2D eigenvalue weighted by Crippen LogP contribution is -2.15. The van der Waals surface area contributed by atoms with Gasteiger partial charge in [0.25, 0.3) is 5.91 Å². The van der Waals surface area contributed by atoms with Crippen LogP contribution in [0.3, 0.4) is 0 Å². The fourth-order valence-electron chi connectivity index (χ4n) is 1.52. The molecule has 0 aliphatic heterocycles. The third-order valence-corrected chi connectivity index (χ3v) is 2.55. The maximum atomic E-state index is 13.6. The number of carbonyl (C=O) groups excluding carboxylic acids is 1. The van der Waals surface area contributed by atoms with Crippen molar-refractivity contribution in [3.8, 4) is 0 Å². The van der Waals surface area contributed by atoms with Crippen molar-refractivity contribution in [3.05, 3.63) is 36.0 Å². The molecule has 0 saturated carbocycles. The summed E-state index contributed by atoms with van der Waals surface area (Å²) in [7, 11) is 0. The van der Waals surface area contributed by atoms with Crippen molar-refractivity contribution < 1.29 is 9.18 Å². The van der Waals surface area contributed by atoms with E-state index in [1.54, 1.807) is 10.9 Å². The Labute approximate surface area is 109 Å². The third kappa shape index (κ3) is 2.70. The Bertz CT molecular complexity index is 608. The Hall–Kier alpha value is -2.44. The molecule has 2 rings (SSSR count). The van der Waals surface area contributed by atoms with Crippen LogP contribution in [-0.2, 0) is 0 Å². The monoisotopic (exact) mass is 263 g/mol. The number of nitrogens with zero attached hydrogens (tertiary/aromatic N) is 3. The number of pyridine rings is 1. The number of halogens is 1. The van der Waals surface area contributed by atoms with E-state index in [4.69, 9.17) is 5.73 Å². The molecule has 0 saturated heterocycles. The largest absolute Gasteiger partial charge is 0.381 e. The Morgan fingerprint density at radius 1 is 1.53 bits per heavy atom. The van der Waals surface area contributed by atoms with Gasteiger partial charge in [-0.15, -0.1) is 0 Å². The Morgan fingerprint density at radius 2 is 2.26 bits per heavy atom. The van der Waals surface area contributed by atoms with Crippen molar-refractivity contribution in [3.63, 3.8) is 0 Å². The van der Waals surface area contributed by atoms with Gasteiger partial charge in [-0.3, -0.25) is 9.48 Å². The van der Waals surface area contributed by atoms with Crippen molar-refractivity contribution in [2.75, 3.05) is 11.1 Å². The molecule has 0 unspecified atom stereocenters. The van der Waals surface area contributed by atoms with Crippen LogP contribution in [0.15, 0.2) is 24.7 Å². The highest BCUT2D eigenvalue weighted by Gasteiger charge is 2.15. The van der Waals surface area contributed by atoms with E-state index in [0.29, 0.717) is 5.69 Å². The summed E-state index contributed by atoms with van der Waals surface area (Å²) in [6.07, 6.45) is 4.45. The zero-order valence-electron chi connectivity index (χ0n) is 10.6. The molecule has 0 radical (unpaired) electrons. The molecule has 6 nitrogen and oxygen atoms in total. The number of hydrogen-bond acceptors (Lipinski definition) is 4. The van der Waals surface area contributed by atoms with Crippen LogP contribution in [0.25, 0.3) is 0 Å². The predicted octanol–water partition coefficient (Wildman–Crippen LogP) is 1.83. The average Bonchev–Trinajstić information content (AvgIpc) is 2.81. The summed E-state index contributed by atoms with van der Waals surface area (Å²) in [5.74, 6) is -1.71. The van der Waals surface area contributed by atoms with E-state index in [2.05, 4.69) is 15.4 Å². The van der Waals surface area contributed by atoms with Crippen LogP contribution in [0.1, 0.15) is 30.2 Å². The van der Waals surface area contributed by atoms with Crippen LogP contribution in [0.5, 0.6) is 0 Å². The van der Waals surface area contributed by atoms with E-state index in [9.17, 15) is 9.18 Å². The fourth-order valence-corrected chi connectivity index (χ4v) is 1.52. The number of anilines is 2. The standard InChI is InChI=1S/C12H14FN5O/c1-7(2)18-6-8(5-16-18)17-12(19)9-3-4-15-11(14)10(9)13/h3-7H,1-2H3,(H2,14,15)(H,17,19). The van der Waals surface area contributed by atoms with Gasteiger partial charge in [0, 0.05) is 18.4 Å². The van der Waals surface area contributed by atoms with Crippen LogP contribution in [0.2, 0.25) is 0 Å². The third-order valence-electron chi connectivity index (χ3n) is 2.55.